The summed E-state index contributed by atoms with van der Waals surface area (Å²) in [6.07, 6.45) is -16.3. The molecule has 39 heteroatoms. The SMILES string of the molecule is Cc1c(N)nc(C(CC(N)=O)NCC(N)C(N)=O)nc1C(=O)NC(C(=O)NC(C)C(O)C(C)C(=O)NC(C(=O)NCCc1nc(-c2cnc(C(=O)NCCC[S+](C)C)s2)cs1)C(C)O)C(OC1OC(CO)C(O)C(O)C1OC1OC(CO)C(O)C(O)C1O)c1cnc[nH]1. The van der Waals surface area contributed by atoms with Crippen LogP contribution in [0, 0.1) is 12.8 Å². The lowest BCUT2D eigenvalue weighted by molar-refractivity contribution is -0.372. The quantitative estimate of drug-likeness (QED) is 0.0153. The standard InChI is InChI=1S/C54H82N16O20S3/c1-20-33(67-46(70-44(20)57)25(12-31(56)74)62-13-24(55)45(58)81)49(84)69-35(42(26-14-59-19-64-26)89-54-43(40(79)38(77)29(17-72)88-54)90-53-41(80)39(78)37(76)28(16-71)87-53)50(85)65-22(3)36(75)21(2)47(82)68-34(23(4)73)48(83)61-10-8-32-66-27(18-91-32)30-15-63-52(92-30)51(86)60-9-7-11-93(5)6/h14-15,18-19,21-25,28-29,34-43,53-54,62,71-73,75-80H,7-13,16-17,55H2,1-6H3,(H11-,56,57,58,59,60,61,64,65,67,68,69,70,74,81,82,83,84,85,86)/p+1. The molecule has 6 heterocycles. The number of carbonyl (C=O) groups is 7. The van der Waals surface area contributed by atoms with Crippen LogP contribution in [0.1, 0.15) is 88.1 Å². The number of imidazole rings is 1. The van der Waals surface area contributed by atoms with E-state index in [2.05, 4.69) is 74.3 Å². The number of nitrogens with zero attached hydrogens (tertiary/aromatic N) is 5. The minimum atomic E-state index is -2.14. The number of aliphatic hydroxyl groups excluding tert-OH is 9. The van der Waals surface area contributed by atoms with Gasteiger partial charge in [0, 0.05) is 56.0 Å². The molecular weight excluding hydrogens is 1290 g/mol. The van der Waals surface area contributed by atoms with Gasteiger partial charge in [-0.3, -0.25) is 33.6 Å². The Labute approximate surface area is 543 Å². The van der Waals surface area contributed by atoms with Gasteiger partial charge in [0.25, 0.3) is 11.8 Å². The highest BCUT2D eigenvalue weighted by atomic mass is 32.2. The zero-order valence-corrected chi connectivity index (χ0v) is 53.9. The lowest BCUT2D eigenvalue weighted by Crippen LogP contribution is -2.65. The minimum Gasteiger partial charge on any atom is -0.394 e. The summed E-state index contributed by atoms with van der Waals surface area (Å²) in [6.45, 7) is 3.36. The second kappa shape index (κ2) is 34.7. The average molecular weight is 1370 g/mol. The number of rotatable bonds is 34. The number of aromatic nitrogens is 6. The van der Waals surface area contributed by atoms with Gasteiger partial charge in [0.05, 0.1) is 95.8 Å². The van der Waals surface area contributed by atoms with E-state index in [0.29, 0.717) is 22.1 Å². The number of thiazole rings is 2. The Balaban J connectivity index is 1.24. The third kappa shape index (κ3) is 20.0. The van der Waals surface area contributed by atoms with Crippen molar-refractivity contribution >= 4 is 80.7 Å². The molecule has 0 aromatic carbocycles. The molecule has 4 aromatic rings. The maximum absolute atomic E-state index is 15.1. The number of amides is 7. The number of aromatic amines is 1. The molecule has 19 unspecified atom stereocenters. The molecule has 24 N–H and O–H groups in total. The molecule has 2 fully saturated rings. The highest BCUT2D eigenvalue weighted by Gasteiger charge is 2.53. The number of H-pyrrole nitrogens is 1. The Morgan fingerprint density at radius 2 is 1.48 bits per heavy atom. The summed E-state index contributed by atoms with van der Waals surface area (Å²) in [5.41, 5.74) is 22.7. The van der Waals surface area contributed by atoms with Crippen LogP contribution in [0.2, 0.25) is 0 Å². The van der Waals surface area contributed by atoms with Gasteiger partial charge in [-0.1, -0.05) is 6.92 Å². The van der Waals surface area contributed by atoms with Crippen LogP contribution in [0.3, 0.4) is 0 Å². The van der Waals surface area contributed by atoms with E-state index < -0.39 is 177 Å². The van der Waals surface area contributed by atoms with Crippen molar-refractivity contribution in [3.63, 3.8) is 0 Å². The monoisotopic (exact) mass is 1370 g/mol. The second-order valence-electron chi connectivity index (χ2n) is 22.4. The van der Waals surface area contributed by atoms with Crippen LogP contribution in [0.25, 0.3) is 10.6 Å². The summed E-state index contributed by atoms with van der Waals surface area (Å²) in [4.78, 5) is 119. The number of nitrogens with two attached hydrogens (primary N) is 4. The summed E-state index contributed by atoms with van der Waals surface area (Å²) in [5.74, 6) is -7.52. The third-order valence-electron chi connectivity index (χ3n) is 15.1. The number of aliphatic hydroxyl groups is 9. The molecule has 36 nitrogen and oxygen atoms in total. The fourth-order valence-electron chi connectivity index (χ4n) is 9.54. The van der Waals surface area contributed by atoms with Crippen LogP contribution in [0.4, 0.5) is 5.82 Å². The van der Waals surface area contributed by atoms with Crippen LogP contribution >= 0.6 is 22.7 Å². The molecule has 0 radical (unpaired) electrons. The Bertz CT molecular complexity index is 3150. The number of hydrogen-bond donors (Lipinski definition) is 20. The van der Waals surface area contributed by atoms with E-state index in [1.165, 1.54) is 50.4 Å². The average Bonchev–Trinajstić information content (AvgIpc) is 1.20. The van der Waals surface area contributed by atoms with E-state index in [4.69, 9.17) is 41.9 Å². The number of primary amides is 2. The molecule has 6 rings (SSSR count). The fourth-order valence-corrected chi connectivity index (χ4v) is 11.9. The number of nitrogens with one attached hydrogen (secondary N) is 7. The Kier molecular flexibility index (Phi) is 28.1. The van der Waals surface area contributed by atoms with E-state index in [9.17, 15) is 74.7 Å². The summed E-state index contributed by atoms with van der Waals surface area (Å²) in [7, 11) is 0.259. The summed E-state index contributed by atoms with van der Waals surface area (Å²) < 4.78 is 23.7. The fraction of sp³-hybridized carbons (Fsp3) is 0.630. The van der Waals surface area contributed by atoms with E-state index in [0.717, 1.165) is 24.7 Å². The molecule has 0 aliphatic carbocycles. The number of ether oxygens (including phenoxy) is 4. The van der Waals surface area contributed by atoms with Crippen LogP contribution in [0.15, 0.2) is 24.1 Å². The van der Waals surface area contributed by atoms with Gasteiger partial charge in [0.2, 0.25) is 29.5 Å². The molecule has 0 saturated carbocycles. The molecule has 19 atom stereocenters. The molecule has 4 aromatic heterocycles. The molecule has 0 bridgehead atoms. The van der Waals surface area contributed by atoms with Crippen LogP contribution in [0.5, 0.6) is 0 Å². The molecule has 93 heavy (non-hydrogen) atoms. The zero-order valence-electron chi connectivity index (χ0n) is 51.4. The lowest BCUT2D eigenvalue weighted by atomic mass is 9.96. The smallest absolute Gasteiger partial charge is 0.280 e. The molecule has 2 saturated heterocycles. The van der Waals surface area contributed by atoms with Crippen molar-refractivity contribution in [2.45, 2.75) is 157 Å². The lowest BCUT2D eigenvalue weighted by Gasteiger charge is -2.46. The van der Waals surface area contributed by atoms with E-state index in [-0.39, 0.29) is 64.2 Å². The van der Waals surface area contributed by atoms with Gasteiger partial charge in [-0.2, -0.15) is 0 Å². The normalized spacial score (nSPS) is 24.5. The molecule has 516 valence electrons. The van der Waals surface area contributed by atoms with E-state index >= 15 is 4.79 Å². The number of nitrogen functional groups attached to an aromatic ring is 1. The summed E-state index contributed by atoms with van der Waals surface area (Å²) in [6, 6.07) is -7.74. The first kappa shape index (κ1) is 75.4. The third-order valence-corrected chi connectivity index (χ3v) is 18.1. The van der Waals surface area contributed by atoms with Gasteiger partial charge in [-0.15, -0.1) is 22.7 Å². The molecular formula is C54H83N16O20S3+. The summed E-state index contributed by atoms with van der Waals surface area (Å²) >= 11 is 2.48. The molecule has 7 amide bonds. The summed E-state index contributed by atoms with van der Waals surface area (Å²) in [5, 5.41) is 116. The van der Waals surface area contributed by atoms with Crippen LogP contribution in [-0.2, 0) is 60.2 Å². The van der Waals surface area contributed by atoms with Gasteiger partial charge in [0.1, 0.15) is 90.1 Å². The molecule has 2 aliphatic rings. The second-order valence-corrected chi connectivity index (χ2v) is 26.8. The Morgan fingerprint density at radius 1 is 0.806 bits per heavy atom. The van der Waals surface area contributed by atoms with Crippen molar-refractivity contribution in [1.82, 2.24) is 61.8 Å². The molecule has 2 aliphatic heterocycles. The maximum Gasteiger partial charge on any atom is 0.280 e. The predicted octanol–water partition coefficient (Wildman–Crippen LogP) is -7.81. The largest absolute Gasteiger partial charge is 0.394 e. The van der Waals surface area contributed by atoms with Crippen molar-refractivity contribution in [2.24, 2.45) is 23.1 Å². The minimum absolute atomic E-state index is 0.00960. The van der Waals surface area contributed by atoms with Crippen molar-refractivity contribution in [1.29, 1.82) is 0 Å². The predicted molar refractivity (Wildman–Crippen MR) is 330 cm³/mol. The van der Waals surface area contributed by atoms with Gasteiger partial charge in [-0.05, 0) is 31.7 Å². The van der Waals surface area contributed by atoms with Gasteiger partial charge in [-0.25, -0.2) is 24.9 Å². The maximum atomic E-state index is 15.1. The zero-order chi connectivity index (χ0) is 68.7. The van der Waals surface area contributed by atoms with Crippen molar-refractivity contribution < 1.29 is 98.5 Å². The number of anilines is 1. The highest BCUT2D eigenvalue weighted by Crippen LogP contribution is 2.34. The van der Waals surface area contributed by atoms with Gasteiger partial charge < -0.3 is 125 Å². The van der Waals surface area contributed by atoms with Crippen molar-refractivity contribution in [3.05, 3.63) is 56.9 Å². The number of carbonyl (C=O) groups excluding carboxylic acids is 7. The van der Waals surface area contributed by atoms with E-state index in [1.807, 2.05) is 0 Å². The van der Waals surface area contributed by atoms with E-state index in [1.54, 1.807) is 11.6 Å². The van der Waals surface area contributed by atoms with Crippen molar-refractivity contribution in [3.8, 4) is 10.6 Å². The topological polar surface area (TPSA) is 595 Å². The molecule has 0 spiro atoms. The first-order valence-electron chi connectivity index (χ1n) is 29.2. The number of hydrogen-bond acceptors (Lipinski definition) is 30. The van der Waals surface area contributed by atoms with Crippen LogP contribution in [-0.4, -0.2) is 266 Å². The Hall–Kier alpha value is -6.61. The van der Waals surface area contributed by atoms with Crippen LogP contribution < -0.4 is 54.8 Å². The Morgan fingerprint density at radius 3 is 2.11 bits per heavy atom. The van der Waals surface area contributed by atoms with Crippen molar-refractivity contribution in [2.75, 3.05) is 56.8 Å². The van der Waals surface area contributed by atoms with Gasteiger partial charge >= 0.3 is 0 Å². The first-order valence-corrected chi connectivity index (χ1v) is 33.1. The first-order chi connectivity index (χ1) is 44.0. The highest BCUT2D eigenvalue weighted by molar-refractivity contribution is 7.95. The van der Waals surface area contributed by atoms with Gasteiger partial charge in [0.15, 0.2) is 17.6 Å².